The molecule has 30 heavy (non-hydrogen) atoms. The van der Waals surface area contributed by atoms with Crippen LogP contribution in [-0.2, 0) is 4.74 Å². The van der Waals surface area contributed by atoms with E-state index in [0.29, 0.717) is 48.2 Å². The molecule has 10 atom stereocenters. The van der Waals surface area contributed by atoms with Gasteiger partial charge in [0.1, 0.15) is 0 Å². The van der Waals surface area contributed by atoms with Gasteiger partial charge in [0.25, 0.3) is 0 Å². The lowest BCUT2D eigenvalue weighted by Crippen LogP contribution is -2.49. The van der Waals surface area contributed by atoms with Crippen LogP contribution in [0.25, 0.3) is 0 Å². The van der Waals surface area contributed by atoms with Crippen molar-refractivity contribution in [1.82, 2.24) is 5.32 Å². The Kier molecular flexibility index (Phi) is 4.43. The topological polar surface area (TPSA) is 61.7 Å². The van der Waals surface area contributed by atoms with Crippen molar-refractivity contribution in [2.75, 3.05) is 6.54 Å². The highest BCUT2D eigenvalue weighted by atomic mass is 16.5. The molecule has 4 aliphatic carbocycles. The van der Waals surface area contributed by atoms with E-state index in [-0.39, 0.29) is 11.7 Å². The quantitative estimate of drug-likeness (QED) is 0.530. The number of aliphatic hydroxyl groups excluding tert-OH is 1. The minimum atomic E-state index is -0.687. The highest BCUT2D eigenvalue weighted by Crippen LogP contribution is 2.62. The third kappa shape index (κ3) is 2.54. The Morgan fingerprint density at radius 1 is 1.17 bits per heavy atom. The van der Waals surface area contributed by atoms with Crippen molar-refractivity contribution < 1.29 is 14.9 Å². The summed E-state index contributed by atoms with van der Waals surface area (Å²) < 4.78 is 6.97. The molecular weight excluding hydrogens is 374 g/mol. The molecule has 0 radical (unpaired) electrons. The number of ether oxygens (including phenoxy) is 1. The summed E-state index contributed by atoms with van der Waals surface area (Å²) in [6, 6.07) is 0.481. The number of piperidine rings is 1. The third-order valence-corrected chi connectivity index (χ3v) is 10.4. The van der Waals surface area contributed by atoms with E-state index < -0.39 is 5.60 Å². The second-order valence-electron chi connectivity index (χ2n) is 11.7. The van der Waals surface area contributed by atoms with Gasteiger partial charge >= 0.3 is 0 Å². The molecule has 1 spiro atoms. The normalized spacial score (nSPS) is 55.0. The van der Waals surface area contributed by atoms with Gasteiger partial charge in [-0.3, -0.25) is 0 Å². The molecule has 2 heterocycles. The zero-order valence-electron chi connectivity index (χ0n) is 18.9. The summed E-state index contributed by atoms with van der Waals surface area (Å²) in [5.74, 6) is 2.69. The van der Waals surface area contributed by atoms with Crippen LogP contribution in [0.1, 0.15) is 72.1 Å². The van der Waals surface area contributed by atoms with Crippen LogP contribution in [-0.4, -0.2) is 46.2 Å². The van der Waals surface area contributed by atoms with Gasteiger partial charge in [0.15, 0.2) is 0 Å². The maximum atomic E-state index is 11.8. The lowest BCUT2D eigenvalue weighted by molar-refractivity contribution is -0.0608. The molecule has 6 aliphatic rings. The average Bonchev–Trinajstić information content (AvgIpc) is 3.23. The Balaban J connectivity index is 1.34. The fourth-order valence-corrected chi connectivity index (χ4v) is 8.72. The average molecular weight is 414 g/mol. The van der Waals surface area contributed by atoms with Crippen LogP contribution in [0.15, 0.2) is 22.8 Å². The second kappa shape index (κ2) is 6.66. The van der Waals surface area contributed by atoms with Crippen LogP contribution in [0.3, 0.4) is 0 Å². The lowest BCUT2D eigenvalue weighted by atomic mass is 9.62. The van der Waals surface area contributed by atoms with Crippen molar-refractivity contribution in [3.05, 3.63) is 22.8 Å². The first-order valence-corrected chi connectivity index (χ1v) is 12.5. The second-order valence-corrected chi connectivity index (χ2v) is 11.7. The molecule has 6 rings (SSSR count). The standard InChI is InChI=1S/C26H39NO3/c1-14-10-23-24(27-13-14)16(3)26(30-23)9-7-19-20-5-4-17-11-18(28)6-8-25(17,29)22(20)12-21(19)15(26)2/h4,14,16,18-20,22-24,27-29H,5-13H2,1-3H3/t14-,16+,18-,19-,20-,22?,23+,24-,25+,26-/m0/s1. The Morgan fingerprint density at radius 3 is 2.83 bits per heavy atom. The lowest BCUT2D eigenvalue weighted by Gasteiger charge is -2.47. The largest absolute Gasteiger partial charge is 0.393 e. The molecule has 4 heteroatoms. The fourth-order valence-electron chi connectivity index (χ4n) is 8.72. The monoisotopic (exact) mass is 413 g/mol. The molecular formula is C26H39NO3. The number of rotatable bonds is 0. The van der Waals surface area contributed by atoms with Crippen molar-refractivity contribution in [1.29, 1.82) is 0 Å². The molecule has 1 unspecified atom stereocenters. The highest BCUT2D eigenvalue weighted by molar-refractivity contribution is 5.39. The van der Waals surface area contributed by atoms with Gasteiger partial charge in [0, 0.05) is 12.0 Å². The number of fused-ring (bicyclic) bond motifs is 6. The summed E-state index contributed by atoms with van der Waals surface area (Å²) in [5.41, 5.74) is 3.46. The molecule has 4 nitrogen and oxygen atoms in total. The SMILES string of the molecule is CC1=C2CC3[C@@H](CC=C4C[C@@H](O)CC[C@@]43O)[C@@H]2CC[C@]12O[C@@H]1C[C@H](C)CN[C@H]1[C@H]2C. The van der Waals surface area contributed by atoms with E-state index in [2.05, 4.69) is 32.2 Å². The summed E-state index contributed by atoms with van der Waals surface area (Å²) in [5, 5.41) is 25.7. The van der Waals surface area contributed by atoms with Gasteiger partial charge < -0.3 is 20.3 Å². The van der Waals surface area contributed by atoms with Crippen molar-refractivity contribution in [3.63, 3.8) is 0 Å². The van der Waals surface area contributed by atoms with Crippen LogP contribution in [0, 0.1) is 29.6 Å². The van der Waals surface area contributed by atoms with E-state index >= 15 is 0 Å². The number of nitrogens with one attached hydrogen (secondary N) is 1. The van der Waals surface area contributed by atoms with E-state index in [0.717, 1.165) is 44.2 Å². The molecule has 2 saturated carbocycles. The number of hydrogen-bond donors (Lipinski definition) is 3. The van der Waals surface area contributed by atoms with Gasteiger partial charge in [-0.1, -0.05) is 25.5 Å². The van der Waals surface area contributed by atoms with E-state index in [9.17, 15) is 10.2 Å². The number of hydrogen-bond acceptors (Lipinski definition) is 4. The first kappa shape index (κ1) is 20.0. The van der Waals surface area contributed by atoms with E-state index in [1.165, 1.54) is 18.4 Å². The summed E-state index contributed by atoms with van der Waals surface area (Å²) in [4.78, 5) is 0. The third-order valence-electron chi connectivity index (χ3n) is 10.4. The van der Waals surface area contributed by atoms with Crippen molar-refractivity contribution in [3.8, 4) is 0 Å². The zero-order chi connectivity index (χ0) is 20.8. The van der Waals surface area contributed by atoms with Crippen LogP contribution in [0.4, 0.5) is 0 Å². The van der Waals surface area contributed by atoms with Gasteiger partial charge in [-0.05, 0) is 99.7 Å². The highest BCUT2D eigenvalue weighted by Gasteiger charge is 2.61. The fraction of sp³-hybridized carbons (Fsp3) is 0.846. The molecule has 2 saturated heterocycles. The zero-order valence-corrected chi connectivity index (χ0v) is 18.9. The summed E-state index contributed by atoms with van der Waals surface area (Å²) >= 11 is 0. The number of aliphatic hydroxyl groups is 2. The van der Waals surface area contributed by atoms with E-state index in [1.807, 2.05) is 0 Å². The minimum Gasteiger partial charge on any atom is -0.393 e. The maximum Gasteiger partial charge on any atom is 0.0937 e. The predicted octanol–water partition coefficient (Wildman–Crippen LogP) is 3.73. The van der Waals surface area contributed by atoms with Gasteiger partial charge in [0.2, 0.25) is 0 Å². The molecule has 3 N–H and O–H groups in total. The van der Waals surface area contributed by atoms with Gasteiger partial charge in [-0.2, -0.15) is 0 Å². The Morgan fingerprint density at radius 2 is 2.00 bits per heavy atom. The van der Waals surface area contributed by atoms with Crippen LogP contribution in [0.2, 0.25) is 0 Å². The van der Waals surface area contributed by atoms with Crippen molar-refractivity contribution in [2.45, 2.75) is 102 Å². The molecule has 0 aromatic carbocycles. The molecule has 0 aromatic rings. The summed E-state index contributed by atoms with van der Waals surface area (Å²) in [6.07, 6.45) is 10.1. The maximum absolute atomic E-state index is 11.8. The van der Waals surface area contributed by atoms with Gasteiger partial charge in [-0.15, -0.1) is 0 Å². The summed E-state index contributed by atoms with van der Waals surface area (Å²) in [7, 11) is 0. The minimum absolute atomic E-state index is 0.104. The van der Waals surface area contributed by atoms with E-state index in [1.54, 1.807) is 5.57 Å². The van der Waals surface area contributed by atoms with Crippen molar-refractivity contribution >= 4 is 0 Å². The molecule has 166 valence electrons. The van der Waals surface area contributed by atoms with Crippen molar-refractivity contribution in [2.24, 2.45) is 29.6 Å². The van der Waals surface area contributed by atoms with E-state index in [4.69, 9.17) is 4.74 Å². The molecule has 0 aromatic heterocycles. The Bertz CT molecular complexity index is 804. The predicted molar refractivity (Wildman–Crippen MR) is 117 cm³/mol. The molecule has 0 bridgehead atoms. The molecule has 2 aliphatic heterocycles. The van der Waals surface area contributed by atoms with Gasteiger partial charge in [0.05, 0.1) is 23.4 Å². The first-order valence-electron chi connectivity index (χ1n) is 12.5. The van der Waals surface area contributed by atoms with Gasteiger partial charge in [-0.25, -0.2) is 0 Å². The molecule has 4 fully saturated rings. The van der Waals surface area contributed by atoms with Crippen LogP contribution >= 0.6 is 0 Å². The Hall–Kier alpha value is -0.680. The number of allylic oxidation sites excluding steroid dienone is 2. The van der Waals surface area contributed by atoms with Crippen LogP contribution in [0.5, 0.6) is 0 Å². The smallest absolute Gasteiger partial charge is 0.0937 e. The molecule has 0 amide bonds. The summed E-state index contributed by atoms with van der Waals surface area (Å²) in [6.45, 7) is 8.22. The first-order chi connectivity index (χ1) is 14.3. The Labute approximate surface area is 181 Å². The van der Waals surface area contributed by atoms with Crippen LogP contribution < -0.4 is 5.32 Å².